The molecule has 0 aliphatic carbocycles. The third-order valence-electron chi connectivity index (χ3n) is 8.16. The fraction of sp³-hybridized carbons (Fsp3) is 0.533. The fourth-order valence-corrected chi connectivity index (χ4v) is 6.67. The van der Waals surface area contributed by atoms with Crippen LogP contribution in [-0.4, -0.2) is 83.4 Å². The molecule has 3 N–H and O–H groups in total. The average Bonchev–Trinajstić information content (AvgIpc) is 3.44. The van der Waals surface area contributed by atoms with Gasteiger partial charge < -0.3 is 24.8 Å². The Morgan fingerprint density at radius 1 is 1.21 bits per heavy atom. The number of ether oxygens (including phenoxy) is 1. The van der Waals surface area contributed by atoms with Crippen molar-refractivity contribution in [2.45, 2.75) is 57.5 Å². The van der Waals surface area contributed by atoms with E-state index in [1.807, 2.05) is 39.0 Å². The van der Waals surface area contributed by atoms with E-state index < -0.39 is 28.6 Å². The number of likely N-dealkylation sites (tertiary alicyclic amines) is 1. The number of hydrogen-bond donors (Lipinski definition) is 3. The van der Waals surface area contributed by atoms with E-state index in [4.69, 9.17) is 27.9 Å². The minimum atomic E-state index is -4.63. The van der Waals surface area contributed by atoms with E-state index in [9.17, 15) is 18.0 Å². The highest BCUT2D eigenvalue weighted by molar-refractivity contribution is 6.31. The van der Waals surface area contributed by atoms with Crippen molar-refractivity contribution in [3.63, 3.8) is 0 Å². The predicted molar refractivity (Wildman–Crippen MR) is 163 cm³/mol. The molecule has 0 bridgehead atoms. The topological polar surface area (TPSA) is 82.3 Å². The number of quaternary nitrogens is 1. The van der Waals surface area contributed by atoms with Crippen molar-refractivity contribution >= 4 is 46.0 Å². The van der Waals surface area contributed by atoms with Crippen LogP contribution in [0.25, 0.3) is 10.9 Å². The summed E-state index contributed by atoms with van der Waals surface area (Å²) in [6, 6.07) is 8.56. The summed E-state index contributed by atoms with van der Waals surface area (Å²) in [5.41, 5.74) is 1.74. The molecule has 8 nitrogen and oxygen atoms in total. The summed E-state index contributed by atoms with van der Waals surface area (Å²) in [6.45, 7) is 9.74. The maximum absolute atomic E-state index is 13.3. The maximum atomic E-state index is 13.3. The Morgan fingerprint density at radius 2 is 1.98 bits per heavy atom. The first-order valence-electron chi connectivity index (χ1n) is 14.4. The maximum Gasteiger partial charge on any atom is 0.434 e. The van der Waals surface area contributed by atoms with Gasteiger partial charge in [-0.3, -0.25) is 4.90 Å². The third-order valence-corrected chi connectivity index (χ3v) is 8.70. The lowest BCUT2D eigenvalue weighted by Crippen LogP contribution is -2.52. The lowest BCUT2D eigenvalue weighted by Gasteiger charge is -2.41. The highest BCUT2D eigenvalue weighted by Gasteiger charge is 2.42. The summed E-state index contributed by atoms with van der Waals surface area (Å²) in [6.07, 6.45) is -3.39. The molecule has 2 aliphatic heterocycles. The minimum absolute atomic E-state index is 0.00152. The van der Waals surface area contributed by atoms with Crippen molar-refractivity contribution in [2.75, 3.05) is 51.6 Å². The Balaban J connectivity index is 1.33. The van der Waals surface area contributed by atoms with Gasteiger partial charge in [-0.1, -0.05) is 23.2 Å². The molecule has 0 saturated carbocycles. The van der Waals surface area contributed by atoms with Gasteiger partial charge in [0.2, 0.25) is 0 Å². The van der Waals surface area contributed by atoms with E-state index in [2.05, 4.69) is 32.5 Å². The number of nitrogens with one attached hydrogen (secondary N) is 3. The van der Waals surface area contributed by atoms with Gasteiger partial charge in [0.05, 0.1) is 31.2 Å². The van der Waals surface area contributed by atoms with Crippen LogP contribution in [0, 0.1) is 0 Å². The number of pyridine rings is 1. The Hall–Kier alpha value is -2.73. The Labute approximate surface area is 259 Å². The normalized spacial score (nSPS) is 22.9. The number of aromatic nitrogens is 2. The second-order valence-corrected chi connectivity index (χ2v) is 13.6. The summed E-state index contributed by atoms with van der Waals surface area (Å²) >= 11 is 12.1. The van der Waals surface area contributed by atoms with Crippen LogP contribution in [0.15, 0.2) is 30.3 Å². The fourth-order valence-electron chi connectivity index (χ4n) is 6.29. The molecule has 13 heteroatoms. The number of carbonyl (C=O) groups excluding carboxylic acids is 1. The highest BCUT2D eigenvalue weighted by atomic mass is 35.5. The molecule has 0 spiro atoms. The summed E-state index contributed by atoms with van der Waals surface area (Å²) in [7, 11) is 2.21. The number of hydrogen-bond acceptors (Lipinski definition) is 5. The zero-order valence-corrected chi connectivity index (χ0v) is 26.3. The van der Waals surface area contributed by atoms with E-state index in [1.165, 1.54) is 17.7 Å². The molecular weight excluding hydrogens is 604 g/mol. The van der Waals surface area contributed by atoms with E-state index >= 15 is 0 Å². The van der Waals surface area contributed by atoms with E-state index in [0.29, 0.717) is 18.1 Å². The summed E-state index contributed by atoms with van der Waals surface area (Å²) in [5.74, 6) is 0.126. The molecule has 1 fully saturated rings. The molecule has 1 amide bonds. The second-order valence-electron chi connectivity index (χ2n) is 12.8. The largest absolute Gasteiger partial charge is 0.444 e. The number of carbonyl (C=O) groups is 1. The standard InChI is InChI=1S/C30H37Cl2F3N6O2/c1-29(2,3)43-28(42)37-19-10-14-41(4,16-19)17-24-26-20(21-15-18(31)5-7-23(21)38-26)9-12-40(24)13-11-36-25-8-6-22(32)27(39-25)30(33,34)35/h5-8,15,19,24,38H,9-14,16-17H2,1-4H3,(H-,36,37,39,42)/p+1. The molecule has 5 rings (SSSR count). The number of aromatic amines is 1. The predicted octanol–water partition coefficient (Wildman–Crippen LogP) is 6.64. The van der Waals surface area contributed by atoms with E-state index in [-0.39, 0.29) is 17.9 Å². The molecule has 43 heavy (non-hydrogen) atoms. The molecule has 1 aromatic carbocycles. The molecule has 3 atom stereocenters. The SMILES string of the molecule is CC(C)(C)OC(=O)NC1CC[N+](C)(CC2c3[nH]c4ccc(Cl)cc4c3CCN2CCNc2ccc(Cl)c(C(F)(F)F)n2)C1. The molecule has 2 aromatic heterocycles. The number of amides is 1. The molecular formula is C30H38Cl2F3N6O2+. The molecule has 3 aromatic rings. The van der Waals surface area contributed by atoms with Crippen LogP contribution in [0.1, 0.15) is 50.2 Å². The van der Waals surface area contributed by atoms with Crippen molar-refractivity contribution in [1.82, 2.24) is 20.2 Å². The van der Waals surface area contributed by atoms with Crippen LogP contribution in [0.3, 0.4) is 0 Å². The van der Waals surface area contributed by atoms with E-state index in [1.54, 1.807) is 0 Å². The number of H-pyrrole nitrogens is 1. The van der Waals surface area contributed by atoms with Gasteiger partial charge in [0.25, 0.3) is 0 Å². The van der Waals surface area contributed by atoms with Crippen molar-refractivity contribution in [1.29, 1.82) is 0 Å². The van der Waals surface area contributed by atoms with Gasteiger partial charge in [0, 0.05) is 47.7 Å². The highest BCUT2D eigenvalue weighted by Crippen LogP contribution is 2.38. The van der Waals surface area contributed by atoms with Gasteiger partial charge in [-0.05, 0) is 63.1 Å². The number of alkyl carbamates (subject to hydrolysis) is 1. The van der Waals surface area contributed by atoms with Crippen LogP contribution < -0.4 is 10.6 Å². The number of benzene rings is 1. The van der Waals surface area contributed by atoms with Crippen molar-refractivity contribution in [3.05, 3.63) is 57.3 Å². The second kappa shape index (κ2) is 12.0. The smallest absolute Gasteiger partial charge is 0.434 e. The van der Waals surface area contributed by atoms with E-state index in [0.717, 1.165) is 60.1 Å². The van der Waals surface area contributed by atoms with Crippen LogP contribution in [0.5, 0.6) is 0 Å². The first-order valence-corrected chi connectivity index (χ1v) is 15.2. The monoisotopic (exact) mass is 641 g/mol. The van der Waals surface area contributed by atoms with Crippen molar-refractivity contribution in [3.8, 4) is 0 Å². The number of fused-ring (bicyclic) bond motifs is 3. The third kappa shape index (κ3) is 7.50. The number of rotatable bonds is 7. The summed E-state index contributed by atoms with van der Waals surface area (Å²) < 4.78 is 46.2. The zero-order chi connectivity index (χ0) is 31.2. The van der Waals surface area contributed by atoms with Crippen LogP contribution in [0.2, 0.25) is 10.0 Å². The van der Waals surface area contributed by atoms with Gasteiger partial charge >= 0.3 is 12.3 Å². The molecule has 4 heterocycles. The van der Waals surface area contributed by atoms with Crippen molar-refractivity contribution in [2.24, 2.45) is 0 Å². The Morgan fingerprint density at radius 3 is 2.70 bits per heavy atom. The average molecular weight is 643 g/mol. The summed E-state index contributed by atoms with van der Waals surface area (Å²) in [4.78, 5) is 22.2. The van der Waals surface area contributed by atoms with Gasteiger partial charge in [0.15, 0.2) is 5.69 Å². The number of nitrogens with zero attached hydrogens (tertiary/aromatic N) is 3. The lowest BCUT2D eigenvalue weighted by molar-refractivity contribution is -0.900. The van der Waals surface area contributed by atoms with Crippen LogP contribution in [-0.2, 0) is 17.3 Å². The van der Waals surface area contributed by atoms with Gasteiger partial charge in [-0.2, -0.15) is 13.2 Å². The molecule has 1 saturated heterocycles. The molecule has 3 unspecified atom stereocenters. The zero-order valence-electron chi connectivity index (χ0n) is 24.7. The van der Waals surface area contributed by atoms with Gasteiger partial charge in [0.1, 0.15) is 24.0 Å². The number of anilines is 1. The van der Waals surface area contributed by atoms with Crippen molar-refractivity contribution < 1.29 is 27.2 Å². The van der Waals surface area contributed by atoms with Gasteiger partial charge in [-0.25, -0.2) is 9.78 Å². The number of likely N-dealkylation sites (N-methyl/N-ethyl adjacent to an activating group) is 1. The summed E-state index contributed by atoms with van der Waals surface area (Å²) in [5, 5.41) is 7.46. The van der Waals surface area contributed by atoms with Gasteiger partial charge in [-0.15, -0.1) is 0 Å². The Kier molecular flexibility index (Phi) is 8.83. The number of halogens is 5. The minimum Gasteiger partial charge on any atom is -0.444 e. The number of alkyl halides is 3. The van der Waals surface area contributed by atoms with Crippen LogP contribution >= 0.6 is 23.2 Å². The Bertz CT molecular complexity index is 1490. The lowest BCUT2D eigenvalue weighted by atomic mass is 9.96. The first-order chi connectivity index (χ1) is 20.1. The molecule has 2 aliphatic rings. The quantitative estimate of drug-likeness (QED) is 0.252. The molecule has 234 valence electrons. The van der Waals surface area contributed by atoms with Crippen LogP contribution in [0.4, 0.5) is 23.8 Å². The molecule has 0 radical (unpaired) electrons. The first kappa shape index (κ1) is 31.7.